The molecule has 0 spiro atoms. The number of furan rings is 1. The highest BCUT2D eigenvalue weighted by molar-refractivity contribution is 6.02. The predicted molar refractivity (Wildman–Crippen MR) is 77.0 cm³/mol. The molecule has 19 heavy (non-hydrogen) atoms. The third-order valence-electron chi connectivity index (χ3n) is 2.89. The molecule has 1 heterocycles. The first-order valence-corrected chi connectivity index (χ1v) is 6.18. The van der Waals surface area contributed by atoms with Crippen LogP contribution < -0.4 is 5.32 Å². The minimum Gasteiger partial charge on any atom is -0.462 e. The molecular weight excluding hydrogens is 238 g/mol. The fourth-order valence-electron chi connectivity index (χ4n) is 1.88. The highest BCUT2D eigenvalue weighted by Crippen LogP contribution is 2.19. The number of carbonyl (C=O) groups is 1. The smallest absolute Gasteiger partial charge is 0.248 e. The standard InChI is InChI=1S/C16H17NO2/c1-11-5-4-6-12(2)16(11)17-15(18)10-9-14-8-7-13(3)19-14/h4-10H,1-3H3,(H,17,18). The Morgan fingerprint density at radius 1 is 1.11 bits per heavy atom. The van der Waals surface area contributed by atoms with Gasteiger partial charge in [-0.1, -0.05) is 18.2 Å². The van der Waals surface area contributed by atoms with Crippen LogP contribution in [0.5, 0.6) is 0 Å². The lowest BCUT2D eigenvalue weighted by molar-refractivity contribution is -0.111. The van der Waals surface area contributed by atoms with Crippen LogP contribution in [0.15, 0.2) is 40.8 Å². The number of benzene rings is 1. The van der Waals surface area contributed by atoms with Crippen molar-refractivity contribution in [1.29, 1.82) is 0 Å². The van der Waals surface area contributed by atoms with Gasteiger partial charge in [0.25, 0.3) is 0 Å². The molecule has 2 aromatic rings. The topological polar surface area (TPSA) is 42.2 Å². The summed E-state index contributed by atoms with van der Waals surface area (Å²) in [6, 6.07) is 9.62. The molecule has 0 aliphatic heterocycles. The van der Waals surface area contributed by atoms with Crippen LogP contribution in [0.2, 0.25) is 0 Å². The van der Waals surface area contributed by atoms with Crippen LogP contribution in [0.4, 0.5) is 5.69 Å². The zero-order valence-corrected chi connectivity index (χ0v) is 11.4. The molecule has 0 bridgehead atoms. The van der Waals surface area contributed by atoms with E-state index in [-0.39, 0.29) is 5.91 Å². The van der Waals surface area contributed by atoms with Crippen LogP contribution in [0.1, 0.15) is 22.6 Å². The number of rotatable bonds is 3. The average Bonchev–Trinajstić information content (AvgIpc) is 2.77. The van der Waals surface area contributed by atoms with E-state index in [0.29, 0.717) is 5.76 Å². The Hall–Kier alpha value is -2.29. The molecule has 3 nitrogen and oxygen atoms in total. The van der Waals surface area contributed by atoms with Gasteiger partial charge in [0.05, 0.1) is 0 Å². The molecule has 0 aliphatic rings. The Labute approximate surface area is 112 Å². The van der Waals surface area contributed by atoms with Crippen molar-refractivity contribution in [1.82, 2.24) is 0 Å². The van der Waals surface area contributed by atoms with E-state index in [4.69, 9.17) is 4.42 Å². The number of hydrogen-bond acceptors (Lipinski definition) is 2. The fourth-order valence-corrected chi connectivity index (χ4v) is 1.88. The fraction of sp³-hybridized carbons (Fsp3) is 0.188. The number of carbonyl (C=O) groups excluding carboxylic acids is 1. The van der Waals surface area contributed by atoms with E-state index < -0.39 is 0 Å². The number of amides is 1. The van der Waals surface area contributed by atoms with Gasteiger partial charge in [-0.2, -0.15) is 0 Å². The van der Waals surface area contributed by atoms with E-state index in [2.05, 4.69) is 5.32 Å². The first-order chi connectivity index (χ1) is 9.06. The van der Waals surface area contributed by atoms with Crippen molar-refractivity contribution in [2.75, 3.05) is 5.32 Å². The summed E-state index contributed by atoms with van der Waals surface area (Å²) in [5.74, 6) is 1.34. The summed E-state index contributed by atoms with van der Waals surface area (Å²) in [5.41, 5.74) is 2.97. The van der Waals surface area contributed by atoms with Gasteiger partial charge in [-0.3, -0.25) is 4.79 Å². The van der Waals surface area contributed by atoms with E-state index in [1.165, 1.54) is 6.08 Å². The summed E-state index contributed by atoms with van der Waals surface area (Å²) in [4.78, 5) is 11.9. The Kier molecular flexibility index (Phi) is 3.85. The molecule has 98 valence electrons. The largest absolute Gasteiger partial charge is 0.462 e. The third-order valence-corrected chi connectivity index (χ3v) is 2.89. The Balaban J connectivity index is 2.07. The number of anilines is 1. The van der Waals surface area contributed by atoms with Crippen LogP contribution in [0, 0.1) is 20.8 Å². The summed E-state index contributed by atoms with van der Waals surface area (Å²) >= 11 is 0. The number of para-hydroxylation sites is 1. The minimum absolute atomic E-state index is 0.161. The monoisotopic (exact) mass is 255 g/mol. The van der Waals surface area contributed by atoms with Gasteiger partial charge >= 0.3 is 0 Å². The van der Waals surface area contributed by atoms with Gasteiger partial charge in [-0.25, -0.2) is 0 Å². The van der Waals surface area contributed by atoms with E-state index in [0.717, 1.165) is 22.6 Å². The van der Waals surface area contributed by atoms with Gasteiger partial charge in [-0.15, -0.1) is 0 Å². The van der Waals surface area contributed by atoms with Crippen LogP contribution in [0.3, 0.4) is 0 Å². The molecule has 0 radical (unpaired) electrons. The van der Waals surface area contributed by atoms with Crippen molar-refractivity contribution >= 4 is 17.7 Å². The van der Waals surface area contributed by atoms with Crippen LogP contribution in [0.25, 0.3) is 6.08 Å². The number of hydrogen-bond donors (Lipinski definition) is 1. The average molecular weight is 255 g/mol. The summed E-state index contributed by atoms with van der Waals surface area (Å²) < 4.78 is 5.36. The van der Waals surface area contributed by atoms with Crippen molar-refractivity contribution < 1.29 is 9.21 Å². The van der Waals surface area contributed by atoms with Crippen molar-refractivity contribution in [3.63, 3.8) is 0 Å². The summed E-state index contributed by atoms with van der Waals surface area (Å²) in [7, 11) is 0. The highest BCUT2D eigenvalue weighted by atomic mass is 16.3. The molecule has 2 rings (SSSR count). The maximum Gasteiger partial charge on any atom is 0.248 e. The molecular formula is C16H17NO2. The van der Waals surface area contributed by atoms with Crippen molar-refractivity contribution in [2.24, 2.45) is 0 Å². The molecule has 1 aromatic heterocycles. The van der Waals surface area contributed by atoms with Crippen molar-refractivity contribution in [3.8, 4) is 0 Å². The molecule has 1 amide bonds. The molecule has 0 unspecified atom stereocenters. The summed E-state index contributed by atoms with van der Waals surface area (Å²) in [5, 5.41) is 2.89. The highest BCUT2D eigenvalue weighted by Gasteiger charge is 2.04. The van der Waals surface area contributed by atoms with Crippen molar-refractivity contribution in [2.45, 2.75) is 20.8 Å². The van der Waals surface area contributed by atoms with Gasteiger partial charge in [0, 0.05) is 11.8 Å². The van der Waals surface area contributed by atoms with E-state index >= 15 is 0 Å². The lowest BCUT2D eigenvalue weighted by Gasteiger charge is -2.09. The van der Waals surface area contributed by atoms with E-state index in [1.807, 2.05) is 51.1 Å². The summed E-state index contributed by atoms with van der Waals surface area (Å²) in [6.07, 6.45) is 3.14. The van der Waals surface area contributed by atoms with Gasteiger partial charge in [0.1, 0.15) is 11.5 Å². The first-order valence-electron chi connectivity index (χ1n) is 6.18. The normalized spacial score (nSPS) is 10.9. The Bertz CT molecular complexity index is 603. The Morgan fingerprint density at radius 2 is 1.79 bits per heavy atom. The molecule has 0 atom stereocenters. The maximum absolute atomic E-state index is 11.9. The van der Waals surface area contributed by atoms with E-state index in [9.17, 15) is 4.79 Å². The van der Waals surface area contributed by atoms with Crippen LogP contribution in [-0.4, -0.2) is 5.91 Å². The molecule has 3 heteroatoms. The zero-order valence-electron chi connectivity index (χ0n) is 11.4. The molecule has 1 aromatic carbocycles. The van der Waals surface area contributed by atoms with Gasteiger partial charge in [0.15, 0.2) is 0 Å². The maximum atomic E-state index is 11.9. The van der Waals surface area contributed by atoms with E-state index in [1.54, 1.807) is 6.08 Å². The third kappa shape index (κ3) is 3.35. The Morgan fingerprint density at radius 3 is 2.37 bits per heavy atom. The lowest BCUT2D eigenvalue weighted by atomic mass is 10.1. The number of nitrogens with one attached hydrogen (secondary N) is 1. The second kappa shape index (κ2) is 5.57. The zero-order chi connectivity index (χ0) is 13.8. The van der Waals surface area contributed by atoms with Crippen molar-refractivity contribution in [3.05, 3.63) is 59.1 Å². The lowest BCUT2D eigenvalue weighted by Crippen LogP contribution is -2.10. The number of aryl methyl sites for hydroxylation is 3. The first kappa shape index (κ1) is 13.1. The second-order valence-electron chi connectivity index (χ2n) is 4.54. The molecule has 0 fully saturated rings. The van der Waals surface area contributed by atoms with Crippen LogP contribution >= 0.6 is 0 Å². The molecule has 1 N–H and O–H groups in total. The minimum atomic E-state index is -0.161. The molecule has 0 saturated heterocycles. The predicted octanol–water partition coefficient (Wildman–Crippen LogP) is 3.86. The van der Waals surface area contributed by atoms with Gasteiger partial charge in [-0.05, 0) is 50.1 Å². The van der Waals surface area contributed by atoms with Gasteiger partial charge < -0.3 is 9.73 Å². The van der Waals surface area contributed by atoms with Crippen LogP contribution in [-0.2, 0) is 4.79 Å². The van der Waals surface area contributed by atoms with Gasteiger partial charge in [0.2, 0.25) is 5.91 Å². The SMILES string of the molecule is Cc1ccc(C=CC(=O)Nc2c(C)cccc2C)o1. The second-order valence-corrected chi connectivity index (χ2v) is 4.54. The quantitative estimate of drug-likeness (QED) is 0.846. The molecule has 0 aliphatic carbocycles. The summed E-state index contributed by atoms with van der Waals surface area (Å²) in [6.45, 7) is 5.82. The molecule has 0 saturated carbocycles.